The normalized spacial score (nSPS) is 35.9. The van der Waals surface area contributed by atoms with Gasteiger partial charge in [0.2, 0.25) is 5.41 Å². The average molecular weight is 331 g/mol. The lowest BCUT2D eigenvalue weighted by atomic mass is 9.51. The van der Waals surface area contributed by atoms with Crippen LogP contribution in [-0.2, 0) is 4.74 Å². The van der Waals surface area contributed by atoms with Crippen LogP contribution < -0.4 is 0 Å². The second-order valence-electron chi connectivity index (χ2n) is 5.04. The van der Waals surface area contributed by atoms with Crippen LogP contribution in [0.15, 0.2) is 12.2 Å². The van der Waals surface area contributed by atoms with Crippen molar-refractivity contribution in [2.75, 3.05) is 7.11 Å². The second kappa shape index (κ2) is 4.60. The molecule has 3 aliphatic carbocycles. The quantitative estimate of drug-likeness (QED) is 0.541. The van der Waals surface area contributed by atoms with E-state index in [4.69, 9.17) is 4.74 Å². The smallest absolute Gasteiger partial charge is 0.208 e. The highest BCUT2D eigenvalue weighted by Gasteiger charge is 2.72. The number of nitrogens with zero attached hydrogens (tertiary/aromatic N) is 4. The highest BCUT2D eigenvalue weighted by molar-refractivity contribution is 9.09. The Morgan fingerprint density at radius 2 is 1.75 bits per heavy atom. The fraction of sp³-hybridized carbons (Fsp3) is 0.571. The van der Waals surface area contributed by atoms with Gasteiger partial charge in [0.15, 0.2) is 5.41 Å². The number of nitriles is 4. The summed E-state index contributed by atoms with van der Waals surface area (Å²) in [5.41, 5.74) is -4.84. The summed E-state index contributed by atoms with van der Waals surface area (Å²) in [7, 11) is 1.40. The largest absolute Gasteiger partial charge is 0.371 e. The third kappa shape index (κ3) is 1.31. The van der Waals surface area contributed by atoms with Crippen LogP contribution in [0.5, 0.6) is 0 Å². The Balaban J connectivity index is 2.91. The third-order valence-electron chi connectivity index (χ3n) is 4.53. The topological polar surface area (TPSA) is 104 Å². The molecular weight excluding hydrogens is 320 g/mol. The molecule has 0 saturated heterocycles. The highest BCUT2D eigenvalue weighted by atomic mass is 79.9. The highest BCUT2D eigenvalue weighted by Crippen LogP contribution is 2.61. The maximum absolute atomic E-state index is 9.67. The van der Waals surface area contributed by atoms with Crippen molar-refractivity contribution in [1.29, 1.82) is 21.0 Å². The minimum atomic E-state index is -1.85. The molecule has 3 atom stereocenters. The van der Waals surface area contributed by atoms with E-state index in [1.165, 1.54) is 7.11 Å². The van der Waals surface area contributed by atoms with Crippen molar-refractivity contribution in [2.24, 2.45) is 16.7 Å². The van der Waals surface area contributed by atoms with Gasteiger partial charge < -0.3 is 4.74 Å². The minimum absolute atomic E-state index is 0.154. The summed E-state index contributed by atoms with van der Waals surface area (Å²) >= 11 is 3.48. The first-order valence-corrected chi connectivity index (χ1v) is 6.98. The summed E-state index contributed by atoms with van der Waals surface area (Å²) in [5, 5.41) is 38.6. The van der Waals surface area contributed by atoms with Crippen molar-refractivity contribution in [2.45, 2.75) is 23.3 Å². The first-order valence-electron chi connectivity index (χ1n) is 6.06. The van der Waals surface area contributed by atoms with E-state index < -0.39 is 22.3 Å². The minimum Gasteiger partial charge on any atom is -0.371 e. The monoisotopic (exact) mass is 330 g/mol. The van der Waals surface area contributed by atoms with Crippen molar-refractivity contribution in [3.8, 4) is 24.3 Å². The van der Waals surface area contributed by atoms with E-state index in [9.17, 15) is 21.0 Å². The van der Waals surface area contributed by atoms with Crippen LogP contribution in [-0.4, -0.2) is 17.5 Å². The van der Waals surface area contributed by atoms with E-state index in [1.807, 2.05) is 24.3 Å². The number of hydrogen-bond acceptors (Lipinski definition) is 5. The zero-order valence-electron chi connectivity index (χ0n) is 10.8. The van der Waals surface area contributed by atoms with Gasteiger partial charge in [0.1, 0.15) is 5.60 Å². The van der Waals surface area contributed by atoms with Crippen LogP contribution in [0.4, 0.5) is 0 Å². The molecule has 1 saturated carbocycles. The zero-order chi connectivity index (χ0) is 15.0. The lowest BCUT2D eigenvalue weighted by Gasteiger charge is -2.47. The van der Waals surface area contributed by atoms with Crippen molar-refractivity contribution >= 4 is 15.9 Å². The number of methoxy groups -OCH3 is 1. The molecule has 0 aliphatic heterocycles. The molecule has 3 unspecified atom stereocenters. The van der Waals surface area contributed by atoms with Crippen molar-refractivity contribution in [1.82, 2.24) is 0 Å². The van der Waals surface area contributed by atoms with Crippen molar-refractivity contribution in [3.05, 3.63) is 12.2 Å². The average Bonchev–Trinajstić information content (AvgIpc) is 2.71. The molecule has 100 valence electrons. The molecule has 0 N–H and O–H groups in total. The predicted octanol–water partition coefficient (Wildman–Crippen LogP) is 2.18. The van der Waals surface area contributed by atoms with Gasteiger partial charge in [-0.1, -0.05) is 28.1 Å². The molecule has 0 aromatic carbocycles. The van der Waals surface area contributed by atoms with Crippen LogP contribution in [0.1, 0.15) is 12.8 Å². The van der Waals surface area contributed by atoms with Gasteiger partial charge >= 0.3 is 0 Å². The van der Waals surface area contributed by atoms with Gasteiger partial charge in [-0.15, -0.1) is 0 Å². The van der Waals surface area contributed by atoms with Gasteiger partial charge in [-0.05, 0) is 12.8 Å². The second-order valence-corrected chi connectivity index (χ2v) is 6.21. The van der Waals surface area contributed by atoms with E-state index in [2.05, 4.69) is 15.9 Å². The number of allylic oxidation sites excluding steroid dienone is 1. The molecule has 0 heterocycles. The molecule has 0 radical (unpaired) electrons. The fourth-order valence-corrected chi connectivity index (χ4v) is 4.16. The Morgan fingerprint density at radius 3 is 2.20 bits per heavy atom. The summed E-state index contributed by atoms with van der Waals surface area (Å²) in [6, 6.07) is 7.79. The molecule has 2 bridgehead atoms. The van der Waals surface area contributed by atoms with E-state index in [1.54, 1.807) is 12.2 Å². The number of fused-ring (bicyclic) bond motifs is 3. The van der Waals surface area contributed by atoms with Gasteiger partial charge in [-0.2, -0.15) is 21.0 Å². The molecule has 6 heteroatoms. The van der Waals surface area contributed by atoms with E-state index >= 15 is 0 Å². The van der Waals surface area contributed by atoms with Crippen LogP contribution in [0.2, 0.25) is 0 Å². The number of alkyl halides is 1. The number of halogens is 1. The van der Waals surface area contributed by atoms with Gasteiger partial charge in [-0.25, -0.2) is 0 Å². The maximum atomic E-state index is 9.67. The summed E-state index contributed by atoms with van der Waals surface area (Å²) in [6.07, 6.45) is 4.42. The number of hydrogen-bond donors (Lipinski definition) is 0. The molecule has 0 spiro atoms. The van der Waals surface area contributed by atoms with Gasteiger partial charge in [0.05, 0.1) is 24.3 Å². The summed E-state index contributed by atoms with van der Waals surface area (Å²) in [4.78, 5) is -0.154. The molecule has 1 fully saturated rings. The van der Waals surface area contributed by atoms with Crippen molar-refractivity contribution in [3.63, 3.8) is 0 Å². The fourth-order valence-electron chi connectivity index (χ4n) is 3.36. The molecule has 0 aromatic heterocycles. The maximum Gasteiger partial charge on any atom is 0.208 e. The van der Waals surface area contributed by atoms with Gasteiger partial charge in [0.25, 0.3) is 0 Å². The Kier molecular flexibility index (Phi) is 3.35. The molecule has 0 aromatic rings. The van der Waals surface area contributed by atoms with E-state index in [0.29, 0.717) is 12.8 Å². The molecular formula is C14H11BrN4O. The summed E-state index contributed by atoms with van der Waals surface area (Å²) in [5.74, 6) is -0.525. The lowest BCUT2D eigenvalue weighted by Crippen LogP contribution is -2.59. The SMILES string of the molecule is COC12C=CC(C(Br)CC1)C(C#N)(C#N)C2(C#N)C#N. The first kappa shape index (κ1) is 14.5. The number of ether oxygens (including phenoxy) is 1. The lowest BCUT2D eigenvalue weighted by molar-refractivity contribution is -0.0661. The molecule has 5 nitrogen and oxygen atoms in total. The van der Waals surface area contributed by atoms with Crippen molar-refractivity contribution < 1.29 is 4.74 Å². The Bertz CT molecular complexity index is 602. The van der Waals surface area contributed by atoms with Gasteiger partial charge in [-0.3, -0.25) is 0 Å². The molecule has 0 amide bonds. The molecule has 3 rings (SSSR count). The summed E-state index contributed by atoms with van der Waals surface area (Å²) < 4.78 is 5.50. The van der Waals surface area contributed by atoms with E-state index in [-0.39, 0.29) is 4.83 Å². The Labute approximate surface area is 125 Å². The van der Waals surface area contributed by atoms with Crippen LogP contribution in [0.25, 0.3) is 0 Å². The molecule has 20 heavy (non-hydrogen) atoms. The Morgan fingerprint density at radius 1 is 1.15 bits per heavy atom. The standard InChI is InChI=1S/C14H11BrN4O/c1-20-14-4-2-10(11(15)3-5-14)12(6-16,7-17)13(14,8-18)9-19/h2,4,10-11H,3,5H2,1H3. The third-order valence-corrected chi connectivity index (χ3v) is 5.56. The van der Waals surface area contributed by atoms with Gasteiger partial charge in [0, 0.05) is 17.9 Å². The van der Waals surface area contributed by atoms with E-state index in [0.717, 1.165) is 0 Å². The van der Waals surface area contributed by atoms with Crippen LogP contribution in [0, 0.1) is 62.1 Å². The van der Waals surface area contributed by atoms with Crippen LogP contribution >= 0.6 is 15.9 Å². The Hall–Kier alpha value is -1.86. The predicted molar refractivity (Wildman–Crippen MR) is 71.6 cm³/mol. The number of rotatable bonds is 1. The zero-order valence-corrected chi connectivity index (χ0v) is 12.4. The first-order chi connectivity index (χ1) is 9.53. The summed E-state index contributed by atoms with van der Waals surface area (Å²) in [6.45, 7) is 0. The van der Waals surface area contributed by atoms with Crippen LogP contribution in [0.3, 0.4) is 0 Å². The molecule has 3 aliphatic rings.